The summed E-state index contributed by atoms with van der Waals surface area (Å²) >= 11 is 0. The Kier molecular flexibility index (Phi) is 6.80. The van der Waals surface area contributed by atoms with Gasteiger partial charge in [0.1, 0.15) is 11.6 Å². The summed E-state index contributed by atoms with van der Waals surface area (Å²) in [6.45, 7) is 5.82. The van der Waals surface area contributed by atoms with E-state index in [1.165, 1.54) is 4.68 Å². The number of nitrogens with one attached hydrogen (secondary N) is 3. The molecule has 0 radical (unpaired) electrons. The third kappa shape index (κ3) is 5.66. The van der Waals surface area contributed by atoms with E-state index in [-0.39, 0.29) is 12.4 Å². The summed E-state index contributed by atoms with van der Waals surface area (Å²) in [5, 5.41) is 22.4. The lowest BCUT2D eigenvalue weighted by Crippen LogP contribution is -2.22. The van der Waals surface area contributed by atoms with E-state index in [0.717, 1.165) is 10.8 Å². The molecule has 192 valence electrons. The molecule has 0 unspecified atom stereocenters. The molecule has 0 bridgehead atoms. The fourth-order valence-corrected chi connectivity index (χ4v) is 3.76. The van der Waals surface area contributed by atoms with Crippen LogP contribution in [0.25, 0.3) is 16.5 Å². The van der Waals surface area contributed by atoms with Crippen LogP contribution in [0.3, 0.4) is 0 Å². The summed E-state index contributed by atoms with van der Waals surface area (Å²) in [6, 6.07) is 12.7. The second kappa shape index (κ2) is 9.84. The van der Waals surface area contributed by atoms with E-state index in [2.05, 4.69) is 21.0 Å². The van der Waals surface area contributed by atoms with Gasteiger partial charge in [0.15, 0.2) is 11.6 Å². The number of aromatic nitrogens is 2. The Morgan fingerprint density at radius 2 is 1.73 bits per heavy atom. The van der Waals surface area contributed by atoms with E-state index in [0.29, 0.717) is 29.1 Å². The van der Waals surface area contributed by atoms with Crippen molar-refractivity contribution in [2.45, 2.75) is 32.7 Å². The largest absolute Gasteiger partial charge is 0.465 e. The van der Waals surface area contributed by atoms with E-state index in [4.69, 9.17) is 5.11 Å². The van der Waals surface area contributed by atoms with Crippen molar-refractivity contribution in [3.63, 3.8) is 0 Å². The van der Waals surface area contributed by atoms with Crippen LogP contribution in [0.2, 0.25) is 0 Å². The van der Waals surface area contributed by atoms with Gasteiger partial charge in [-0.2, -0.15) is 5.10 Å². The summed E-state index contributed by atoms with van der Waals surface area (Å²) in [4.78, 5) is 23.8. The third-order valence-corrected chi connectivity index (χ3v) is 5.57. The van der Waals surface area contributed by atoms with Crippen LogP contribution in [0.5, 0.6) is 0 Å². The first-order valence-corrected chi connectivity index (χ1v) is 11.2. The maximum atomic E-state index is 14.1. The molecule has 1 heterocycles. The number of halogens is 3. The van der Waals surface area contributed by atoms with Gasteiger partial charge >= 0.3 is 12.1 Å². The van der Waals surface area contributed by atoms with Gasteiger partial charge in [-0.1, -0.05) is 45.0 Å². The molecule has 0 saturated carbocycles. The Labute approximate surface area is 210 Å². The Bertz CT molecular complexity index is 1510. The number of nitrogens with zero attached hydrogens (tertiary/aromatic N) is 2. The highest BCUT2D eigenvalue weighted by atomic mass is 19.2. The first-order chi connectivity index (χ1) is 17.4. The predicted molar refractivity (Wildman–Crippen MR) is 134 cm³/mol. The molecule has 11 heteroatoms. The van der Waals surface area contributed by atoms with Crippen molar-refractivity contribution in [2.75, 3.05) is 10.6 Å². The highest BCUT2D eigenvalue weighted by Gasteiger charge is 2.23. The number of hydrogen-bond donors (Lipinski definition) is 4. The van der Waals surface area contributed by atoms with Crippen LogP contribution in [-0.4, -0.2) is 27.0 Å². The quantitative estimate of drug-likeness (QED) is 0.241. The molecule has 0 spiro atoms. The SMILES string of the molecule is CC(C)(C)c1cc(NC(=O)Nc2cc(F)cc(F)c2F)n(-c2cc(CNC(=O)O)c3ccccc3c2)n1. The Morgan fingerprint density at radius 3 is 2.43 bits per heavy atom. The van der Waals surface area contributed by atoms with Crippen molar-refractivity contribution < 1.29 is 27.9 Å². The van der Waals surface area contributed by atoms with Crippen LogP contribution in [0.1, 0.15) is 32.0 Å². The first-order valence-electron chi connectivity index (χ1n) is 11.2. The zero-order valence-electron chi connectivity index (χ0n) is 20.2. The van der Waals surface area contributed by atoms with Crippen LogP contribution >= 0.6 is 0 Å². The smallest absolute Gasteiger partial charge is 0.404 e. The van der Waals surface area contributed by atoms with Crippen LogP contribution in [-0.2, 0) is 12.0 Å². The second-order valence-corrected chi connectivity index (χ2v) is 9.39. The number of fused-ring (bicyclic) bond motifs is 1. The third-order valence-electron chi connectivity index (χ3n) is 5.57. The zero-order valence-corrected chi connectivity index (χ0v) is 20.2. The van der Waals surface area contributed by atoms with Gasteiger partial charge in [0, 0.05) is 30.2 Å². The lowest BCUT2D eigenvalue weighted by atomic mass is 9.92. The van der Waals surface area contributed by atoms with Crippen LogP contribution in [0.4, 0.5) is 34.3 Å². The van der Waals surface area contributed by atoms with Gasteiger partial charge in [0.2, 0.25) is 0 Å². The fraction of sp³-hybridized carbons (Fsp3) is 0.192. The molecule has 0 atom stereocenters. The summed E-state index contributed by atoms with van der Waals surface area (Å²) < 4.78 is 42.6. The lowest BCUT2D eigenvalue weighted by Gasteiger charge is -2.15. The van der Waals surface area contributed by atoms with Crippen molar-refractivity contribution >= 4 is 34.4 Å². The molecule has 1 aromatic heterocycles. The molecule has 0 saturated heterocycles. The number of carbonyl (C=O) groups excluding carboxylic acids is 1. The predicted octanol–water partition coefficient (Wildman–Crippen LogP) is 6.15. The maximum Gasteiger partial charge on any atom is 0.404 e. The van der Waals surface area contributed by atoms with Crippen LogP contribution in [0.15, 0.2) is 54.6 Å². The van der Waals surface area contributed by atoms with E-state index >= 15 is 0 Å². The standard InChI is InChI=1S/C26H24F3N5O3/c1-26(2,3)21-12-22(32-24(35)31-20-11-16(27)10-19(28)23(20)29)34(33-21)17-8-14-6-4-5-7-18(14)15(9-17)13-30-25(36)37/h4-12,30H,13H2,1-3H3,(H,36,37)(H2,31,32,35). The van der Waals surface area contributed by atoms with Gasteiger partial charge in [-0.3, -0.25) is 5.32 Å². The normalized spacial score (nSPS) is 11.4. The van der Waals surface area contributed by atoms with Crippen molar-refractivity contribution in [2.24, 2.45) is 0 Å². The van der Waals surface area contributed by atoms with Gasteiger partial charge in [-0.25, -0.2) is 27.4 Å². The number of rotatable bonds is 5. The molecule has 4 rings (SSSR count). The number of amides is 3. The average Bonchev–Trinajstić information content (AvgIpc) is 3.24. The van der Waals surface area contributed by atoms with Crippen molar-refractivity contribution in [3.8, 4) is 5.69 Å². The Morgan fingerprint density at radius 1 is 1.00 bits per heavy atom. The molecule has 0 fully saturated rings. The Hall–Kier alpha value is -4.54. The number of benzene rings is 3. The number of carboxylic acid groups (broad SMARTS) is 1. The first kappa shape index (κ1) is 25.5. The number of anilines is 2. The van der Waals surface area contributed by atoms with Gasteiger partial charge in [-0.05, 0) is 28.5 Å². The van der Waals surface area contributed by atoms with Crippen molar-refractivity contribution in [3.05, 3.63) is 83.3 Å². The maximum absolute atomic E-state index is 14.1. The highest BCUT2D eigenvalue weighted by Crippen LogP contribution is 2.30. The van der Waals surface area contributed by atoms with Gasteiger partial charge < -0.3 is 15.7 Å². The Balaban J connectivity index is 1.76. The number of hydrogen-bond acceptors (Lipinski definition) is 3. The summed E-state index contributed by atoms with van der Waals surface area (Å²) in [5.74, 6) is -3.68. The summed E-state index contributed by atoms with van der Waals surface area (Å²) in [6.07, 6.45) is -1.18. The topological polar surface area (TPSA) is 108 Å². The minimum absolute atomic E-state index is 0.0325. The second-order valence-electron chi connectivity index (χ2n) is 9.39. The summed E-state index contributed by atoms with van der Waals surface area (Å²) in [7, 11) is 0. The van der Waals surface area contributed by atoms with Crippen LogP contribution in [0, 0.1) is 17.5 Å². The van der Waals surface area contributed by atoms with Crippen LogP contribution < -0.4 is 16.0 Å². The van der Waals surface area contributed by atoms with E-state index in [1.54, 1.807) is 12.1 Å². The molecule has 3 amide bonds. The molecular formula is C26H24F3N5O3. The monoisotopic (exact) mass is 511 g/mol. The molecule has 0 aliphatic carbocycles. The molecule has 8 nitrogen and oxygen atoms in total. The minimum atomic E-state index is -1.44. The lowest BCUT2D eigenvalue weighted by molar-refractivity contribution is 0.194. The van der Waals surface area contributed by atoms with Crippen molar-refractivity contribution in [1.82, 2.24) is 15.1 Å². The fourth-order valence-electron chi connectivity index (χ4n) is 3.76. The number of urea groups is 1. The van der Waals surface area contributed by atoms with E-state index in [9.17, 15) is 22.8 Å². The molecule has 0 aliphatic rings. The molecule has 0 aliphatic heterocycles. The van der Waals surface area contributed by atoms with E-state index < -0.39 is 40.7 Å². The van der Waals surface area contributed by atoms with Crippen molar-refractivity contribution in [1.29, 1.82) is 0 Å². The molecule has 4 aromatic rings. The zero-order chi connectivity index (χ0) is 26.9. The molecule has 3 aromatic carbocycles. The van der Waals surface area contributed by atoms with E-state index in [1.807, 2.05) is 51.1 Å². The highest BCUT2D eigenvalue weighted by molar-refractivity contribution is 5.99. The average molecular weight is 512 g/mol. The van der Waals surface area contributed by atoms with Gasteiger partial charge in [0.05, 0.1) is 17.1 Å². The van der Waals surface area contributed by atoms with Gasteiger partial charge in [0.25, 0.3) is 0 Å². The van der Waals surface area contributed by atoms with Gasteiger partial charge in [-0.15, -0.1) is 0 Å². The molecular weight excluding hydrogens is 487 g/mol. The minimum Gasteiger partial charge on any atom is -0.465 e. The molecule has 37 heavy (non-hydrogen) atoms. The number of carbonyl (C=O) groups is 2. The summed E-state index contributed by atoms with van der Waals surface area (Å²) in [5.41, 5.74) is 0.736. The molecule has 4 N–H and O–H groups in total.